The van der Waals surface area contributed by atoms with Crippen molar-refractivity contribution in [2.24, 2.45) is 0 Å². The lowest BCUT2D eigenvalue weighted by Crippen LogP contribution is -2.32. The first-order valence-electron chi connectivity index (χ1n) is 6.81. The molecule has 1 N–H and O–H groups in total. The number of sulfonamides is 1. The molecule has 0 radical (unpaired) electrons. The second-order valence-electron chi connectivity index (χ2n) is 4.76. The van der Waals surface area contributed by atoms with Crippen molar-refractivity contribution in [3.05, 3.63) is 42.0 Å². The van der Waals surface area contributed by atoms with Crippen molar-refractivity contribution in [1.82, 2.24) is 4.72 Å². The number of aryl methyl sites for hydroxylation is 1. The first-order valence-corrected chi connectivity index (χ1v) is 8.29. The van der Waals surface area contributed by atoms with Gasteiger partial charge in [0.1, 0.15) is 12.7 Å². The van der Waals surface area contributed by atoms with Gasteiger partial charge in [0, 0.05) is 6.92 Å². The van der Waals surface area contributed by atoms with Gasteiger partial charge in [-0.1, -0.05) is 17.7 Å². The molecule has 1 aromatic carbocycles. The fourth-order valence-corrected chi connectivity index (χ4v) is 2.41. The van der Waals surface area contributed by atoms with E-state index in [1.807, 2.05) is 11.6 Å². The number of hydrogen-bond donors (Lipinski definition) is 1. The molecule has 1 amide bonds. The zero-order valence-corrected chi connectivity index (χ0v) is 13.9. The number of ether oxygens (including phenoxy) is 2. The van der Waals surface area contributed by atoms with Crippen molar-refractivity contribution >= 4 is 22.1 Å². The molecular formula is C15H19NO6S. The molecule has 23 heavy (non-hydrogen) atoms. The van der Waals surface area contributed by atoms with Gasteiger partial charge in [-0.05, 0) is 38.1 Å². The molecule has 7 nitrogen and oxygen atoms in total. The smallest absolute Gasteiger partial charge is 0.421 e. The third-order valence-electron chi connectivity index (χ3n) is 2.63. The van der Waals surface area contributed by atoms with Crippen LogP contribution in [0.4, 0.5) is 4.79 Å². The summed E-state index contributed by atoms with van der Waals surface area (Å²) in [6.07, 6.45) is 1.20. The molecule has 0 heterocycles. The largest absolute Gasteiger partial charge is 0.462 e. The van der Waals surface area contributed by atoms with E-state index < -0.39 is 28.2 Å². The highest BCUT2D eigenvalue weighted by Gasteiger charge is 2.19. The van der Waals surface area contributed by atoms with Gasteiger partial charge in [-0.2, -0.15) is 0 Å². The SMILES string of the molecule is CC(=O)OC/C=C\C(C)OC(=O)NS(=O)(=O)c1ccc(C)cc1. The molecule has 0 aliphatic carbocycles. The highest BCUT2D eigenvalue weighted by Crippen LogP contribution is 2.10. The summed E-state index contributed by atoms with van der Waals surface area (Å²) in [5.74, 6) is -0.426. The van der Waals surface area contributed by atoms with Crippen LogP contribution in [0.5, 0.6) is 0 Å². The minimum Gasteiger partial charge on any atom is -0.462 e. The Bertz CT molecular complexity index is 678. The van der Waals surface area contributed by atoms with E-state index in [0.29, 0.717) is 0 Å². The van der Waals surface area contributed by atoms with E-state index in [0.717, 1.165) is 5.56 Å². The molecule has 8 heteroatoms. The maximum atomic E-state index is 12.0. The van der Waals surface area contributed by atoms with Crippen LogP contribution in [0.25, 0.3) is 0 Å². The monoisotopic (exact) mass is 341 g/mol. The Morgan fingerprint density at radius 1 is 1.26 bits per heavy atom. The Hall–Kier alpha value is -2.35. The van der Waals surface area contributed by atoms with Crippen LogP contribution in [-0.4, -0.2) is 33.2 Å². The Balaban J connectivity index is 2.55. The van der Waals surface area contributed by atoms with Gasteiger partial charge in [-0.15, -0.1) is 0 Å². The van der Waals surface area contributed by atoms with Crippen molar-refractivity contribution in [2.75, 3.05) is 6.61 Å². The molecule has 0 bridgehead atoms. The zero-order valence-electron chi connectivity index (χ0n) is 13.1. The lowest BCUT2D eigenvalue weighted by molar-refractivity contribution is -0.139. The van der Waals surface area contributed by atoms with Crippen LogP contribution in [0.15, 0.2) is 41.3 Å². The van der Waals surface area contributed by atoms with Crippen molar-refractivity contribution < 1.29 is 27.5 Å². The lowest BCUT2D eigenvalue weighted by Gasteiger charge is -2.11. The van der Waals surface area contributed by atoms with Gasteiger partial charge >= 0.3 is 12.1 Å². The van der Waals surface area contributed by atoms with Crippen LogP contribution >= 0.6 is 0 Å². The molecule has 0 saturated carbocycles. The van der Waals surface area contributed by atoms with Crippen molar-refractivity contribution in [2.45, 2.75) is 31.8 Å². The summed E-state index contributed by atoms with van der Waals surface area (Å²) in [5, 5.41) is 0. The summed E-state index contributed by atoms with van der Waals surface area (Å²) in [6, 6.07) is 6.04. The molecule has 0 spiro atoms. The van der Waals surface area contributed by atoms with E-state index >= 15 is 0 Å². The van der Waals surface area contributed by atoms with Crippen LogP contribution in [0.3, 0.4) is 0 Å². The van der Waals surface area contributed by atoms with E-state index in [1.54, 1.807) is 19.1 Å². The number of esters is 1. The predicted octanol–water partition coefficient (Wildman–Crippen LogP) is 1.92. The summed E-state index contributed by atoms with van der Waals surface area (Å²) in [6.45, 7) is 4.69. The zero-order chi connectivity index (χ0) is 17.5. The van der Waals surface area contributed by atoms with Gasteiger partial charge in [0.15, 0.2) is 0 Å². The molecular weight excluding hydrogens is 322 g/mol. The fraction of sp³-hybridized carbons (Fsp3) is 0.333. The summed E-state index contributed by atoms with van der Waals surface area (Å²) >= 11 is 0. The third-order valence-corrected chi connectivity index (χ3v) is 3.96. The van der Waals surface area contributed by atoms with Gasteiger partial charge < -0.3 is 9.47 Å². The maximum absolute atomic E-state index is 12.0. The molecule has 0 saturated heterocycles. The van der Waals surface area contributed by atoms with Crippen LogP contribution in [-0.2, 0) is 24.3 Å². The van der Waals surface area contributed by atoms with E-state index in [-0.39, 0.29) is 11.5 Å². The molecule has 1 rings (SSSR count). The van der Waals surface area contributed by atoms with Crippen LogP contribution in [0.2, 0.25) is 0 Å². The Morgan fingerprint density at radius 2 is 1.87 bits per heavy atom. The Morgan fingerprint density at radius 3 is 2.43 bits per heavy atom. The van der Waals surface area contributed by atoms with Crippen molar-refractivity contribution in [3.63, 3.8) is 0 Å². The second-order valence-corrected chi connectivity index (χ2v) is 6.44. The molecule has 0 aromatic heterocycles. The average molecular weight is 341 g/mol. The van der Waals surface area contributed by atoms with Gasteiger partial charge in [0.2, 0.25) is 0 Å². The second kappa shape index (κ2) is 8.33. The molecule has 0 aliphatic heterocycles. The number of rotatable bonds is 6. The molecule has 1 atom stereocenters. The van der Waals surface area contributed by atoms with Crippen molar-refractivity contribution in [1.29, 1.82) is 0 Å². The van der Waals surface area contributed by atoms with Crippen molar-refractivity contribution in [3.8, 4) is 0 Å². The first kappa shape index (κ1) is 18.7. The molecule has 0 aliphatic rings. The van der Waals surface area contributed by atoms with Gasteiger partial charge in [0.05, 0.1) is 4.90 Å². The average Bonchev–Trinajstić information content (AvgIpc) is 2.43. The summed E-state index contributed by atoms with van der Waals surface area (Å²) in [7, 11) is -3.98. The van der Waals surface area contributed by atoms with E-state index in [1.165, 1.54) is 31.2 Å². The van der Waals surface area contributed by atoms with E-state index in [9.17, 15) is 18.0 Å². The highest BCUT2D eigenvalue weighted by molar-refractivity contribution is 7.90. The normalized spacial score (nSPS) is 12.7. The van der Waals surface area contributed by atoms with Gasteiger partial charge in [-0.3, -0.25) is 4.79 Å². The van der Waals surface area contributed by atoms with Crippen LogP contribution in [0, 0.1) is 6.92 Å². The molecule has 0 fully saturated rings. The number of benzene rings is 1. The minimum atomic E-state index is -3.98. The highest BCUT2D eigenvalue weighted by atomic mass is 32.2. The quantitative estimate of drug-likeness (QED) is 0.627. The molecule has 126 valence electrons. The fourth-order valence-electron chi connectivity index (χ4n) is 1.53. The van der Waals surface area contributed by atoms with Crippen LogP contribution < -0.4 is 4.72 Å². The van der Waals surface area contributed by atoms with Gasteiger partial charge in [-0.25, -0.2) is 17.9 Å². The van der Waals surface area contributed by atoms with E-state index in [2.05, 4.69) is 4.74 Å². The molecule has 1 unspecified atom stereocenters. The minimum absolute atomic E-state index is 0.0295. The maximum Gasteiger partial charge on any atom is 0.421 e. The Kier molecular flexibility index (Phi) is 6.77. The third kappa shape index (κ3) is 6.96. The summed E-state index contributed by atoms with van der Waals surface area (Å²) in [5.41, 5.74) is 0.901. The standard InChI is InChI=1S/C15H19NO6S/c1-11-6-8-14(9-7-11)23(19,20)16-15(18)22-12(2)5-4-10-21-13(3)17/h4-9,12H,10H2,1-3H3,(H,16,18)/b5-4-. The first-order chi connectivity index (χ1) is 10.7. The number of carbonyl (C=O) groups is 2. The van der Waals surface area contributed by atoms with Crippen LogP contribution in [0.1, 0.15) is 19.4 Å². The number of carbonyl (C=O) groups excluding carboxylic acids is 2. The van der Waals surface area contributed by atoms with Gasteiger partial charge in [0.25, 0.3) is 10.0 Å². The molecule has 1 aromatic rings. The summed E-state index contributed by atoms with van der Waals surface area (Å²) < 4.78 is 35.3. The topological polar surface area (TPSA) is 98.8 Å². The lowest BCUT2D eigenvalue weighted by atomic mass is 10.2. The number of nitrogens with one attached hydrogen (secondary N) is 1. The summed E-state index contributed by atoms with van der Waals surface area (Å²) in [4.78, 5) is 22.1. The Labute approximate surface area is 135 Å². The predicted molar refractivity (Wildman–Crippen MR) is 83.2 cm³/mol. The van der Waals surface area contributed by atoms with E-state index in [4.69, 9.17) is 4.74 Å². The number of amides is 1. The number of hydrogen-bond acceptors (Lipinski definition) is 6.